The summed E-state index contributed by atoms with van der Waals surface area (Å²) in [7, 11) is 0. The van der Waals surface area contributed by atoms with Crippen LogP contribution in [0.2, 0.25) is 0 Å². The van der Waals surface area contributed by atoms with Crippen LogP contribution < -0.4 is 5.73 Å². The molecule has 0 amide bonds. The fraction of sp³-hybridized carbons (Fsp3) is 1.00. The van der Waals surface area contributed by atoms with E-state index in [9.17, 15) is 0 Å². The summed E-state index contributed by atoms with van der Waals surface area (Å²) in [6.07, 6.45) is 5.63. The van der Waals surface area contributed by atoms with E-state index in [0.29, 0.717) is 18.2 Å². The molecule has 2 saturated heterocycles. The molecule has 1 aliphatic carbocycles. The standard InChI is InChI=1S/C13H24N2O/c1-9-13(5-6-16-9)15-7-10-3-2-4-12(14)11(10)8-15/h9-13H,2-8,14H2,1H3. The van der Waals surface area contributed by atoms with E-state index < -0.39 is 0 Å². The van der Waals surface area contributed by atoms with Gasteiger partial charge in [-0.15, -0.1) is 0 Å². The lowest BCUT2D eigenvalue weighted by molar-refractivity contribution is 0.0809. The number of rotatable bonds is 1. The first-order valence-corrected chi connectivity index (χ1v) is 6.87. The topological polar surface area (TPSA) is 38.5 Å². The Morgan fingerprint density at radius 1 is 1.19 bits per heavy atom. The molecule has 2 heterocycles. The molecule has 1 saturated carbocycles. The third-order valence-electron chi connectivity index (χ3n) is 4.99. The van der Waals surface area contributed by atoms with E-state index >= 15 is 0 Å². The van der Waals surface area contributed by atoms with E-state index in [0.717, 1.165) is 18.4 Å². The van der Waals surface area contributed by atoms with Gasteiger partial charge in [0, 0.05) is 31.8 Å². The van der Waals surface area contributed by atoms with Crippen molar-refractivity contribution in [3.05, 3.63) is 0 Å². The van der Waals surface area contributed by atoms with Gasteiger partial charge in [0.15, 0.2) is 0 Å². The summed E-state index contributed by atoms with van der Waals surface area (Å²) in [6.45, 7) is 5.67. The molecule has 3 nitrogen and oxygen atoms in total. The lowest BCUT2D eigenvalue weighted by atomic mass is 9.78. The molecular formula is C13H24N2O. The molecule has 3 rings (SSSR count). The van der Waals surface area contributed by atoms with Crippen molar-refractivity contribution in [1.29, 1.82) is 0 Å². The molecule has 5 unspecified atom stereocenters. The predicted octanol–water partition coefficient (Wildman–Crippen LogP) is 1.22. The highest BCUT2D eigenvalue weighted by molar-refractivity contribution is 4.97. The van der Waals surface area contributed by atoms with Gasteiger partial charge in [0.1, 0.15) is 0 Å². The number of hydrogen-bond acceptors (Lipinski definition) is 3. The lowest BCUT2D eigenvalue weighted by Gasteiger charge is -2.30. The lowest BCUT2D eigenvalue weighted by Crippen LogP contribution is -2.40. The highest BCUT2D eigenvalue weighted by Crippen LogP contribution is 2.38. The molecule has 3 aliphatic rings. The van der Waals surface area contributed by atoms with Crippen molar-refractivity contribution in [2.24, 2.45) is 17.6 Å². The summed E-state index contributed by atoms with van der Waals surface area (Å²) >= 11 is 0. The molecule has 2 N–H and O–H groups in total. The van der Waals surface area contributed by atoms with Crippen LogP contribution in [-0.2, 0) is 4.74 Å². The summed E-state index contributed by atoms with van der Waals surface area (Å²) in [5.41, 5.74) is 6.26. The van der Waals surface area contributed by atoms with Crippen LogP contribution in [0.25, 0.3) is 0 Å². The molecule has 0 radical (unpaired) electrons. The molecule has 3 fully saturated rings. The Morgan fingerprint density at radius 3 is 2.75 bits per heavy atom. The van der Waals surface area contributed by atoms with Gasteiger partial charge in [-0.2, -0.15) is 0 Å². The normalized spacial score (nSPS) is 49.5. The van der Waals surface area contributed by atoms with E-state index in [1.54, 1.807) is 0 Å². The minimum atomic E-state index is 0.427. The Morgan fingerprint density at radius 2 is 2.06 bits per heavy atom. The van der Waals surface area contributed by atoms with Crippen molar-refractivity contribution in [3.63, 3.8) is 0 Å². The fourth-order valence-corrected chi connectivity index (χ4v) is 4.02. The Balaban J connectivity index is 1.67. The molecule has 16 heavy (non-hydrogen) atoms. The zero-order valence-corrected chi connectivity index (χ0v) is 10.3. The maximum Gasteiger partial charge on any atom is 0.0703 e. The summed E-state index contributed by atoms with van der Waals surface area (Å²) in [6, 6.07) is 1.12. The second-order valence-electron chi connectivity index (χ2n) is 5.90. The average molecular weight is 224 g/mol. The Kier molecular flexibility index (Phi) is 2.94. The van der Waals surface area contributed by atoms with E-state index in [2.05, 4.69) is 11.8 Å². The maximum absolute atomic E-state index is 6.26. The van der Waals surface area contributed by atoms with Gasteiger partial charge in [-0.05, 0) is 38.0 Å². The minimum absolute atomic E-state index is 0.427. The summed E-state index contributed by atoms with van der Waals surface area (Å²) < 4.78 is 5.69. The van der Waals surface area contributed by atoms with Crippen molar-refractivity contribution in [3.8, 4) is 0 Å². The second kappa shape index (κ2) is 4.28. The third-order valence-corrected chi connectivity index (χ3v) is 4.99. The molecule has 92 valence electrons. The van der Waals surface area contributed by atoms with Gasteiger partial charge >= 0.3 is 0 Å². The molecule has 2 aliphatic heterocycles. The zero-order chi connectivity index (χ0) is 11.1. The molecule has 5 atom stereocenters. The smallest absolute Gasteiger partial charge is 0.0703 e. The van der Waals surface area contributed by atoms with E-state index in [4.69, 9.17) is 10.5 Å². The molecular weight excluding hydrogens is 200 g/mol. The first-order chi connectivity index (χ1) is 7.75. The third kappa shape index (κ3) is 1.79. The number of nitrogens with zero attached hydrogens (tertiary/aromatic N) is 1. The van der Waals surface area contributed by atoms with Gasteiger partial charge in [0.05, 0.1) is 6.10 Å². The zero-order valence-electron chi connectivity index (χ0n) is 10.3. The van der Waals surface area contributed by atoms with Gasteiger partial charge in [0.25, 0.3) is 0 Å². The van der Waals surface area contributed by atoms with Gasteiger partial charge < -0.3 is 10.5 Å². The van der Waals surface area contributed by atoms with Crippen LogP contribution in [0.5, 0.6) is 0 Å². The largest absolute Gasteiger partial charge is 0.377 e. The maximum atomic E-state index is 6.26. The van der Waals surface area contributed by atoms with Crippen molar-refractivity contribution < 1.29 is 4.74 Å². The first kappa shape index (κ1) is 11.0. The highest BCUT2D eigenvalue weighted by Gasteiger charge is 2.42. The molecule has 0 aromatic rings. The summed E-state index contributed by atoms with van der Waals surface area (Å²) in [5, 5.41) is 0. The van der Waals surface area contributed by atoms with Crippen molar-refractivity contribution in [2.45, 2.75) is 50.8 Å². The van der Waals surface area contributed by atoms with E-state index in [-0.39, 0.29) is 0 Å². The van der Waals surface area contributed by atoms with Gasteiger partial charge in [-0.25, -0.2) is 0 Å². The molecule has 0 spiro atoms. The SMILES string of the molecule is CC1OCCC1N1CC2CCCC(N)C2C1. The van der Waals surface area contributed by atoms with E-state index in [1.807, 2.05) is 0 Å². The quantitative estimate of drug-likeness (QED) is 0.728. The van der Waals surface area contributed by atoms with Crippen LogP contribution in [0.3, 0.4) is 0 Å². The molecule has 0 aromatic heterocycles. The number of likely N-dealkylation sites (tertiary alicyclic amines) is 1. The van der Waals surface area contributed by atoms with E-state index in [1.165, 1.54) is 38.8 Å². The van der Waals surface area contributed by atoms with Gasteiger partial charge in [-0.3, -0.25) is 4.90 Å². The predicted molar refractivity (Wildman–Crippen MR) is 64.2 cm³/mol. The molecule has 0 bridgehead atoms. The van der Waals surface area contributed by atoms with Crippen LogP contribution in [0.15, 0.2) is 0 Å². The Labute approximate surface area is 98.3 Å². The molecule has 0 aromatic carbocycles. The minimum Gasteiger partial charge on any atom is -0.377 e. The van der Waals surface area contributed by atoms with Gasteiger partial charge in [-0.1, -0.05) is 6.42 Å². The van der Waals surface area contributed by atoms with Gasteiger partial charge in [0.2, 0.25) is 0 Å². The van der Waals surface area contributed by atoms with Crippen LogP contribution >= 0.6 is 0 Å². The number of hydrogen-bond donors (Lipinski definition) is 1. The monoisotopic (exact) mass is 224 g/mol. The molecule has 3 heteroatoms. The first-order valence-electron chi connectivity index (χ1n) is 6.87. The number of nitrogens with two attached hydrogens (primary N) is 1. The fourth-order valence-electron chi connectivity index (χ4n) is 4.02. The van der Waals surface area contributed by atoms with Crippen LogP contribution in [0.4, 0.5) is 0 Å². The highest BCUT2D eigenvalue weighted by atomic mass is 16.5. The van der Waals surface area contributed by atoms with Crippen LogP contribution in [-0.4, -0.2) is 42.8 Å². The average Bonchev–Trinajstić information content (AvgIpc) is 2.84. The van der Waals surface area contributed by atoms with Crippen LogP contribution in [0.1, 0.15) is 32.6 Å². The van der Waals surface area contributed by atoms with Crippen molar-refractivity contribution in [2.75, 3.05) is 19.7 Å². The number of ether oxygens (including phenoxy) is 1. The Bertz CT molecular complexity index is 258. The summed E-state index contributed by atoms with van der Waals surface area (Å²) in [5.74, 6) is 1.64. The van der Waals surface area contributed by atoms with Crippen LogP contribution in [0, 0.1) is 11.8 Å². The summed E-state index contributed by atoms with van der Waals surface area (Å²) in [4.78, 5) is 2.66. The van der Waals surface area contributed by atoms with Crippen molar-refractivity contribution >= 4 is 0 Å². The van der Waals surface area contributed by atoms with Crippen molar-refractivity contribution in [1.82, 2.24) is 4.90 Å². The Hall–Kier alpha value is -0.120. The second-order valence-corrected chi connectivity index (χ2v) is 5.90. The number of fused-ring (bicyclic) bond motifs is 1.